The van der Waals surface area contributed by atoms with Crippen molar-refractivity contribution >= 4 is 12.0 Å². The van der Waals surface area contributed by atoms with Gasteiger partial charge in [0.05, 0.1) is 25.2 Å². The van der Waals surface area contributed by atoms with Gasteiger partial charge in [-0.1, -0.05) is 66.7 Å². The second-order valence-electron chi connectivity index (χ2n) is 7.53. The number of amides is 1. The van der Waals surface area contributed by atoms with E-state index < -0.39 is 0 Å². The highest BCUT2D eigenvalue weighted by molar-refractivity contribution is 5.81. The molecule has 0 spiro atoms. The van der Waals surface area contributed by atoms with Gasteiger partial charge in [-0.2, -0.15) is 0 Å². The molecule has 2 aromatic rings. The van der Waals surface area contributed by atoms with Crippen LogP contribution in [0.3, 0.4) is 0 Å². The van der Waals surface area contributed by atoms with Gasteiger partial charge >= 0.3 is 0 Å². The summed E-state index contributed by atoms with van der Waals surface area (Å²) in [5.41, 5.74) is 3.61. The Labute approximate surface area is 167 Å². The number of nitrogens with zero attached hydrogens (tertiary/aromatic N) is 1. The molecule has 2 aliphatic heterocycles. The highest BCUT2D eigenvalue weighted by atomic mass is 16.5. The Hall–Kier alpha value is -2.43. The third-order valence-electron chi connectivity index (χ3n) is 5.87. The largest absolute Gasteiger partial charge is 0.377 e. The first kappa shape index (κ1) is 18.9. The maximum atomic E-state index is 13.6. The monoisotopic (exact) mass is 376 g/mol. The molecule has 2 heterocycles. The Morgan fingerprint density at radius 2 is 1.89 bits per heavy atom. The molecular weight excluding hydrogens is 348 g/mol. The van der Waals surface area contributed by atoms with Crippen LogP contribution in [-0.2, 0) is 9.53 Å². The third-order valence-corrected chi connectivity index (χ3v) is 5.87. The molecule has 0 saturated carbocycles. The van der Waals surface area contributed by atoms with Crippen molar-refractivity contribution in [3.8, 4) is 0 Å². The van der Waals surface area contributed by atoms with Crippen molar-refractivity contribution in [2.75, 3.05) is 32.8 Å². The molecule has 2 aromatic carbocycles. The van der Waals surface area contributed by atoms with Gasteiger partial charge in [0.1, 0.15) is 0 Å². The van der Waals surface area contributed by atoms with Gasteiger partial charge in [0.25, 0.3) is 0 Å². The first-order valence-electron chi connectivity index (χ1n) is 10.1. The molecule has 3 atom stereocenters. The predicted molar refractivity (Wildman–Crippen MR) is 112 cm³/mol. The van der Waals surface area contributed by atoms with Gasteiger partial charge in [-0.25, -0.2) is 0 Å². The van der Waals surface area contributed by atoms with Crippen molar-refractivity contribution in [1.29, 1.82) is 0 Å². The van der Waals surface area contributed by atoms with Crippen molar-refractivity contribution in [3.05, 3.63) is 77.4 Å². The summed E-state index contributed by atoms with van der Waals surface area (Å²) in [5.74, 6) is 0.386. The Balaban J connectivity index is 1.61. The number of nitrogens with one attached hydrogen (secondary N) is 1. The lowest BCUT2D eigenvalue weighted by Crippen LogP contribution is -2.47. The van der Waals surface area contributed by atoms with Gasteiger partial charge in [0, 0.05) is 25.6 Å². The van der Waals surface area contributed by atoms with Crippen LogP contribution in [0.15, 0.2) is 60.7 Å². The summed E-state index contributed by atoms with van der Waals surface area (Å²) in [5, 5.41) is 3.46. The van der Waals surface area contributed by atoms with E-state index in [1.807, 2.05) is 30.0 Å². The lowest BCUT2D eigenvalue weighted by molar-refractivity contribution is -0.144. The number of morpholine rings is 1. The van der Waals surface area contributed by atoms with Crippen molar-refractivity contribution in [1.82, 2.24) is 10.2 Å². The number of carbonyl (C=O) groups excluding carboxylic acids is 1. The minimum Gasteiger partial charge on any atom is -0.377 e. The van der Waals surface area contributed by atoms with Crippen LogP contribution in [0.2, 0.25) is 0 Å². The molecule has 28 heavy (non-hydrogen) atoms. The number of benzene rings is 2. The molecule has 0 aliphatic carbocycles. The molecule has 0 bridgehead atoms. The van der Waals surface area contributed by atoms with Gasteiger partial charge < -0.3 is 15.0 Å². The Kier molecular flexibility index (Phi) is 5.89. The normalized spacial score (nSPS) is 25.3. The minimum atomic E-state index is -0.0456. The van der Waals surface area contributed by atoms with Gasteiger partial charge in [-0.05, 0) is 23.6 Å². The maximum absolute atomic E-state index is 13.6. The first-order chi connectivity index (χ1) is 13.8. The molecule has 0 aromatic heterocycles. The summed E-state index contributed by atoms with van der Waals surface area (Å²) >= 11 is 0. The van der Waals surface area contributed by atoms with Crippen molar-refractivity contribution in [2.24, 2.45) is 5.92 Å². The van der Waals surface area contributed by atoms with Crippen molar-refractivity contribution < 1.29 is 9.53 Å². The fraction of sp³-hybridized carbons (Fsp3) is 0.375. The van der Waals surface area contributed by atoms with Crippen LogP contribution in [0.4, 0.5) is 0 Å². The molecule has 4 heteroatoms. The van der Waals surface area contributed by atoms with Gasteiger partial charge in [-0.3, -0.25) is 4.79 Å². The van der Waals surface area contributed by atoms with Crippen LogP contribution in [-0.4, -0.2) is 43.7 Å². The fourth-order valence-electron chi connectivity index (χ4n) is 4.48. The van der Waals surface area contributed by atoms with E-state index >= 15 is 0 Å². The Bertz CT molecular complexity index is 834. The van der Waals surface area contributed by atoms with E-state index in [9.17, 15) is 4.79 Å². The van der Waals surface area contributed by atoms with Gasteiger partial charge in [0.2, 0.25) is 5.91 Å². The van der Waals surface area contributed by atoms with Gasteiger partial charge in [0.15, 0.2) is 0 Å². The predicted octanol–water partition coefficient (Wildman–Crippen LogP) is 3.62. The van der Waals surface area contributed by atoms with Crippen LogP contribution in [0.5, 0.6) is 0 Å². The van der Waals surface area contributed by atoms with E-state index in [-0.39, 0.29) is 23.8 Å². The highest BCUT2D eigenvalue weighted by Crippen LogP contribution is 2.35. The molecule has 4 nitrogen and oxygen atoms in total. The summed E-state index contributed by atoms with van der Waals surface area (Å²) in [4.78, 5) is 15.7. The molecule has 0 radical (unpaired) electrons. The first-order valence-corrected chi connectivity index (χ1v) is 10.1. The number of ether oxygens (including phenoxy) is 1. The van der Waals surface area contributed by atoms with E-state index in [2.05, 4.69) is 53.9 Å². The van der Waals surface area contributed by atoms with Crippen molar-refractivity contribution in [2.45, 2.75) is 18.9 Å². The zero-order valence-electron chi connectivity index (χ0n) is 16.4. The zero-order valence-corrected chi connectivity index (χ0v) is 16.4. The number of carbonyl (C=O) groups is 1. The summed E-state index contributed by atoms with van der Waals surface area (Å²) in [7, 11) is 0. The Morgan fingerprint density at radius 1 is 1.11 bits per heavy atom. The maximum Gasteiger partial charge on any atom is 0.228 e. The number of hydrogen-bond donors (Lipinski definition) is 1. The second-order valence-corrected chi connectivity index (χ2v) is 7.53. The van der Waals surface area contributed by atoms with E-state index in [1.165, 1.54) is 11.1 Å². The Morgan fingerprint density at radius 3 is 2.71 bits per heavy atom. The molecule has 2 fully saturated rings. The molecule has 4 rings (SSSR count). The lowest BCUT2D eigenvalue weighted by Gasteiger charge is -2.38. The van der Waals surface area contributed by atoms with E-state index in [0.29, 0.717) is 19.8 Å². The van der Waals surface area contributed by atoms with Crippen molar-refractivity contribution in [3.63, 3.8) is 0 Å². The number of hydrogen-bond acceptors (Lipinski definition) is 3. The molecule has 1 N–H and O–H groups in total. The van der Waals surface area contributed by atoms with E-state index in [1.54, 1.807) is 0 Å². The smallest absolute Gasteiger partial charge is 0.228 e. The summed E-state index contributed by atoms with van der Waals surface area (Å²) in [6.07, 6.45) is 4.20. The van der Waals surface area contributed by atoms with Crippen LogP contribution < -0.4 is 5.32 Å². The fourth-order valence-corrected chi connectivity index (χ4v) is 4.48. The second kappa shape index (κ2) is 8.72. The highest BCUT2D eigenvalue weighted by Gasteiger charge is 2.40. The minimum absolute atomic E-state index is 0.00511. The zero-order chi connectivity index (χ0) is 19.3. The molecular formula is C24H28N2O2. The summed E-state index contributed by atoms with van der Waals surface area (Å²) in [6, 6.07) is 18.7. The summed E-state index contributed by atoms with van der Waals surface area (Å²) in [6.45, 7) is 5.42. The van der Waals surface area contributed by atoms with E-state index in [0.717, 1.165) is 18.7 Å². The lowest BCUT2D eigenvalue weighted by atomic mass is 9.84. The molecule has 1 amide bonds. The molecule has 146 valence electrons. The SMILES string of the molecule is CC=Cc1ccccc1[C@@H]1CNC[C@H]1C(=O)N1CCOC[C@@H]1c1ccccc1. The number of allylic oxidation sites excluding steroid dienone is 1. The standard InChI is InChI=1S/C24H28N2O2/c1-2-8-18-9-6-7-12-20(18)21-15-25-16-22(21)24(27)26-13-14-28-17-23(26)19-10-4-3-5-11-19/h2-12,21-23,25H,13-17H2,1H3/t21-,22+,23+/m0/s1. The third kappa shape index (κ3) is 3.75. The molecule has 2 aliphatic rings. The molecule has 2 saturated heterocycles. The average Bonchev–Trinajstić information content (AvgIpc) is 3.24. The van der Waals surface area contributed by atoms with Gasteiger partial charge in [-0.15, -0.1) is 0 Å². The van der Waals surface area contributed by atoms with E-state index in [4.69, 9.17) is 4.74 Å². The van der Waals surface area contributed by atoms with Crippen LogP contribution in [0.1, 0.15) is 35.6 Å². The average molecular weight is 377 g/mol. The summed E-state index contributed by atoms with van der Waals surface area (Å²) < 4.78 is 5.72. The topological polar surface area (TPSA) is 41.6 Å². The van der Waals surface area contributed by atoms with Crippen LogP contribution in [0.25, 0.3) is 6.08 Å². The quantitative estimate of drug-likeness (QED) is 0.886. The van der Waals surface area contributed by atoms with Crippen LogP contribution in [0, 0.1) is 5.92 Å². The van der Waals surface area contributed by atoms with Crippen LogP contribution >= 0.6 is 0 Å². The molecule has 0 unspecified atom stereocenters. The number of rotatable bonds is 4.